The van der Waals surface area contributed by atoms with Crippen LogP contribution in [0.15, 0.2) is 4.42 Å². The van der Waals surface area contributed by atoms with Crippen molar-refractivity contribution in [2.45, 2.75) is 56.9 Å². The third kappa shape index (κ3) is 2.07. The van der Waals surface area contributed by atoms with E-state index in [9.17, 15) is 0 Å². The fraction of sp³-hybridized carbons (Fsp3) is 0.857. The van der Waals surface area contributed by atoms with Gasteiger partial charge in [-0.2, -0.15) is 0 Å². The van der Waals surface area contributed by atoms with Crippen molar-refractivity contribution in [3.05, 3.63) is 11.8 Å². The minimum Gasteiger partial charge on any atom is -0.425 e. The van der Waals surface area contributed by atoms with E-state index in [0.29, 0.717) is 5.92 Å². The number of aromatic nitrogens is 2. The molecule has 0 radical (unpaired) electrons. The minimum atomic E-state index is 0.602. The minimum absolute atomic E-state index is 0.602. The van der Waals surface area contributed by atoms with Crippen molar-refractivity contribution < 1.29 is 4.42 Å². The molecule has 3 fully saturated rings. The Kier molecular flexibility index (Phi) is 2.64. The summed E-state index contributed by atoms with van der Waals surface area (Å²) in [5.74, 6) is 4.06. The fourth-order valence-corrected chi connectivity index (χ4v) is 3.53. The van der Waals surface area contributed by atoms with Crippen molar-refractivity contribution in [1.29, 1.82) is 0 Å². The van der Waals surface area contributed by atoms with Crippen molar-refractivity contribution in [2.24, 2.45) is 11.8 Å². The zero-order valence-electron chi connectivity index (χ0n) is 10.8. The lowest BCUT2D eigenvalue weighted by Crippen LogP contribution is -2.19. The summed E-state index contributed by atoms with van der Waals surface area (Å²) in [6, 6.07) is 0.763. The summed E-state index contributed by atoms with van der Waals surface area (Å²) in [7, 11) is 0. The molecule has 0 aliphatic heterocycles. The number of rotatable bonds is 5. The summed E-state index contributed by atoms with van der Waals surface area (Å²) >= 11 is 0. The molecule has 1 N–H and O–H groups in total. The van der Waals surface area contributed by atoms with Gasteiger partial charge < -0.3 is 9.73 Å². The van der Waals surface area contributed by atoms with Crippen LogP contribution >= 0.6 is 0 Å². The number of hydrogen-bond donors (Lipinski definition) is 1. The monoisotopic (exact) mass is 247 g/mol. The van der Waals surface area contributed by atoms with Gasteiger partial charge in [0, 0.05) is 24.9 Å². The second-order valence-electron chi connectivity index (χ2n) is 6.15. The molecule has 4 nitrogen and oxygen atoms in total. The molecule has 2 atom stereocenters. The molecular weight excluding hydrogens is 226 g/mol. The summed E-state index contributed by atoms with van der Waals surface area (Å²) in [5, 5.41) is 11.9. The van der Waals surface area contributed by atoms with Crippen molar-refractivity contribution in [1.82, 2.24) is 15.5 Å². The smallest absolute Gasteiger partial charge is 0.220 e. The van der Waals surface area contributed by atoms with Gasteiger partial charge in [0.1, 0.15) is 0 Å². The van der Waals surface area contributed by atoms with E-state index < -0.39 is 0 Å². The van der Waals surface area contributed by atoms with Gasteiger partial charge >= 0.3 is 0 Å². The Morgan fingerprint density at radius 3 is 2.56 bits per heavy atom. The quantitative estimate of drug-likeness (QED) is 0.867. The summed E-state index contributed by atoms with van der Waals surface area (Å²) < 4.78 is 5.84. The van der Waals surface area contributed by atoms with Crippen molar-refractivity contribution in [3.63, 3.8) is 0 Å². The Bertz CT molecular complexity index is 414. The predicted octanol–water partition coefficient (Wildman–Crippen LogP) is 2.27. The summed E-state index contributed by atoms with van der Waals surface area (Å²) in [4.78, 5) is 0. The van der Waals surface area contributed by atoms with Gasteiger partial charge in [0.25, 0.3) is 0 Å². The third-order valence-electron chi connectivity index (χ3n) is 4.77. The molecule has 1 heterocycles. The zero-order chi connectivity index (χ0) is 11.9. The Hall–Kier alpha value is -0.900. The first-order chi connectivity index (χ1) is 8.92. The van der Waals surface area contributed by atoms with Gasteiger partial charge in [0.2, 0.25) is 11.8 Å². The molecule has 0 bridgehead atoms. The maximum absolute atomic E-state index is 5.84. The van der Waals surface area contributed by atoms with E-state index in [0.717, 1.165) is 42.6 Å². The average molecular weight is 247 g/mol. The lowest BCUT2D eigenvalue weighted by Gasteiger charge is -2.04. The standard InChI is InChI=1S/C14H21N3O/c1-2-4-11-10(3-1)13(11)14-17-16-12(18-14)7-8-15-9-5-6-9/h9-11,13,15H,1-8H2. The van der Waals surface area contributed by atoms with Crippen LogP contribution in [0.2, 0.25) is 0 Å². The molecular formula is C14H21N3O. The number of fused-ring (bicyclic) bond motifs is 1. The van der Waals surface area contributed by atoms with Crippen molar-refractivity contribution >= 4 is 0 Å². The second kappa shape index (κ2) is 4.34. The number of nitrogens with zero attached hydrogens (tertiary/aromatic N) is 2. The van der Waals surface area contributed by atoms with Gasteiger partial charge in [-0.05, 0) is 37.5 Å². The molecule has 0 spiro atoms. The highest BCUT2D eigenvalue weighted by Gasteiger charge is 2.54. The van der Waals surface area contributed by atoms with Crippen LogP contribution in [-0.4, -0.2) is 22.8 Å². The maximum Gasteiger partial charge on any atom is 0.220 e. The molecule has 1 aromatic heterocycles. The van der Waals surface area contributed by atoms with E-state index in [4.69, 9.17) is 4.42 Å². The first kappa shape index (κ1) is 11.0. The molecule has 3 aliphatic rings. The van der Waals surface area contributed by atoms with E-state index in [1.54, 1.807) is 0 Å². The van der Waals surface area contributed by atoms with E-state index in [1.807, 2.05) is 0 Å². The largest absolute Gasteiger partial charge is 0.425 e. The van der Waals surface area contributed by atoms with Crippen LogP contribution in [0.4, 0.5) is 0 Å². The molecule has 18 heavy (non-hydrogen) atoms. The zero-order valence-corrected chi connectivity index (χ0v) is 10.8. The van der Waals surface area contributed by atoms with E-state index in [1.165, 1.54) is 38.5 Å². The predicted molar refractivity (Wildman–Crippen MR) is 67.2 cm³/mol. The highest BCUT2D eigenvalue weighted by atomic mass is 16.4. The van der Waals surface area contributed by atoms with Crippen LogP contribution in [0, 0.1) is 11.8 Å². The molecule has 1 aromatic rings. The molecule has 3 saturated carbocycles. The van der Waals surface area contributed by atoms with Gasteiger partial charge in [-0.3, -0.25) is 0 Å². The summed E-state index contributed by atoms with van der Waals surface area (Å²) in [5.41, 5.74) is 0. The highest BCUT2D eigenvalue weighted by molar-refractivity contribution is 5.14. The van der Waals surface area contributed by atoms with Crippen LogP contribution in [0.5, 0.6) is 0 Å². The molecule has 2 unspecified atom stereocenters. The number of hydrogen-bond acceptors (Lipinski definition) is 4. The van der Waals surface area contributed by atoms with Gasteiger partial charge in [0.05, 0.1) is 0 Å². The lowest BCUT2D eigenvalue weighted by atomic mass is 10.0. The molecule has 98 valence electrons. The topological polar surface area (TPSA) is 51.0 Å². The molecule has 0 saturated heterocycles. The lowest BCUT2D eigenvalue weighted by molar-refractivity contribution is 0.436. The third-order valence-corrected chi connectivity index (χ3v) is 4.77. The van der Waals surface area contributed by atoms with Gasteiger partial charge in [-0.15, -0.1) is 10.2 Å². The van der Waals surface area contributed by atoms with Crippen LogP contribution in [0.25, 0.3) is 0 Å². The van der Waals surface area contributed by atoms with Gasteiger partial charge in [0.15, 0.2) is 0 Å². The van der Waals surface area contributed by atoms with Crippen molar-refractivity contribution in [2.75, 3.05) is 6.54 Å². The molecule has 0 aromatic carbocycles. The first-order valence-corrected chi connectivity index (χ1v) is 7.47. The van der Waals surface area contributed by atoms with Gasteiger partial charge in [-0.1, -0.05) is 12.8 Å². The van der Waals surface area contributed by atoms with Crippen LogP contribution in [-0.2, 0) is 6.42 Å². The molecule has 4 rings (SSSR count). The average Bonchev–Trinajstić information content (AvgIpc) is 3.29. The Labute approximate surface area is 108 Å². The fourth-order valence-electron chi connectivity index (χ4n) is 3.53. The summed E-state index contributed by atoms with van der Waals surface area (Å²) in [6.45, 7) is 0.976. The molecule has 3 aliphatic carbocycles. The normalized spacial score (nSPS) is 34.3. The Morgan fingerprint density at radius 1 is 1.06 bits per heavy atom. The SMILES string of the molecule is C1CCC2C(C1)C2c1nnc(CCNC2CC2)o1. The van der Waals surface area contributed by atoms with Crippen LogP contribution in [0.1, 0.15) is 56.2 Å². The van der Waals surface area contributed by atoms with E-state index in [2.05, 4.69) is 15.5 Å². The molecule has 4 heteroatoms. The molecule has 0 amide bonds. The second-order valence-corrected chi connectivity index (χ2v) is 6.15. The van der Waals surface area contributed by atoms with Crippen LogP contribution in [0.3, 0.4) is 0 Å². The summed E-state index contributed by atoms with van der Waals surface area (Å²) in [6.07, 6.45) is 9.08. The Balaban J connectivity index is 1.33. The van der Waals surface area contributed by atoms with E-state index >= 15 is 0 Å². The van der Waals surface area contributed by atoms with Crippen LogP contribution < -0.4 is 5.32 Å². The van der Waals surface area contributed by atoms with E-state index in [-0.39, 0.29) is 0 Å². The first-order valence-electron chi connectivity index (χ1n) is 7.47. The van der Waals surface area contributed by atoms with Crippen molar-refractivity contribution in [3.8, 4) is 0 Å². The van der Waals surface area contributed by atoms with Gasteiger partial charge in [-0.25, -0.2) is 0 Å². The maximum atomic E-state index is 5.84. The number of nitrogens with one attached hydrogen (secondary N) is 1. The highest BCUT2D eigenvalue weighted by Crippen LogP contribution is 2.60. The Morgan fingerprint density at radius 2 is 1.83 bits per heavy atom.